The van der Waals surface area contributed by atoms with Crippen LogP contribution in [0.3, 0.4) is 0 Å². The third kappa shape index (κ3) is 1.73. The Hall–Kier alpha value is -1.69. The second kappa shape index (κ2) is 3.81. The topological polar surface area (TPSA) is 42.2 Å². The first-order valence-corrected chi connectivity index (χ1v) is 3.85. The molecule has 0 aromatic heterocycles. The van der Waals surface area contributed by atoms with E-state index in [9.17, 15) is 0 Å². The maximum absolute atomic E-state index is 8.81. The summed E-state index contributed by atoms with van der Waals surface area (Å²) in [4.78, 5) is 0. The first-order chi connectivity index (χ1) is 6.22. The number of rotatable bonds is 2. The minimum absolute atomic E-state index is 0.499. The Morgan fingerprint density at radius 3 is 2.38 bits per heavy atom. The molecule has 68 valence electrons. The van der Waals surface area contributed by atoms with E-state index < -0.39 is 0 Å². The van der Waals surface area contributed by atoms with Crippen LogP contribution in [0.15, 0.2) is 12.1 Å². The molecule has 0 bridgehead atoms. The minimum atomic E-state index is 0.499. The van der Waals surface area contributed by atoms with Crippen molar-refractivity contribution >= 4 is 0 Å². The van der Waals surface area contributed by atoms with Gasteiger partial charge in [-0.1, -0.05) is 0 Å². The highest BCUT2D eigenvalue weighted by Crippen LogP contribution is 2.27. The summed E-state index contributed by atoms with van der Waals surface area (Å²) in [5.41, 5.74) is 1.40. The fourth-order valence-corrected chi connectivity index (χ4v) is 1.21. The molecule has 0 aliphatic heterocycles. The van der Waals surface area contributed by atoms with Crippen LogP contribution in [0, 0.1) is 18.3 Å². The van der Waals surface area contributed by atoms with E-state index in [-0.39, 0.29) is 0 Å². The van der Waals surface area contributed by atoms with Gasteiger partial charge in [0.1, 0.15) is 17.6 Å². The third-order valence-corrected chi connectivity index (χ3v) is 1.81. The zero-order valence-corrected chi connectivity index (χ0v) is 7.92. The largest absolute Gasteiger partial charge is 0.497 e. The number of hydrogen-bond donors (Lipinski definition) is 0. The Balaban J connectivity index is 3.31. The Morgan fingerprint density at radius 1 is 1.23 bits per heavy atom. The van der Waals surface area contributed by atoms with Crippen molar-refractivity contribution in [3.8, 4) is 17.6 Å². The first-order valence-electron chi connectivity index (χ1n) is 3.85. The zero-order chi connectivity index (χ0) is 9.84. The molecular formula is C10H11NO2. The van der Waals surface area contributed by atoms with Crippen molar-refractivity contribution < 1.29 is 9.47 Å². The molecule has 1 aromatic carbocycles. The fraction of sp³-hybridized carbons (Fsp3) is 0.300. The Bertz CT molecular complexity index is 353. The van der Waals surface area contributed by atoms with Gasteiger partial charge in [0, 0.05) is 6.07 Å². The molecule has 0 aliphatic carbocycles. The SMILES string of the molecule is COc1cc(C)c(OC)c(C#N)c1. The summed E-state index contributed by atoms with van der Waals surface area (Å²) < 4.78 is 10.1. The highest BCUT2D eigenvalue weighted by Gasteiger charge is 2.07. The molecule has 0 amide bonds. The van der Waals surface area contributed by atoms with Gasteiger partial charge in [0.05, 0.1) is 19.8 Å². The predicted octanol–water partition coefficient (Wildman–Crippen LogP) is 1.88. The van der Waals surface area contributed by atoms with Crippen LogP contribution in [-0.2, 0) is 0 Å². The number of hydrogen-bond acceptors (Lipinski definition) is 3. The van der Waals surface area contributed by atoms with Gasteiger partial charge in [-0.2, -0.15) is 5.26 Å². The van der Waals surface area contributed by atoms with Gasteiger partial charge >= 0.3 is 0 Å². The van der Waals surface area contributed by atoms with Crippen LogP contribution in [0.4, 0.5) is 0 Å². The van der Waals surface area contributed by atoms with Crippen LogP contribution in [0.5, 0.6) is 11.5 Å². The lowest BCUT2D eigenvalue weighted by atomic mass is 10.1. The van der Waals surface area contributed by atoms with E-state index in [2.05, 4.69) is 6.07 Å². The lowest BCUT2D eigenvalue weighted by Crippen LogP contribution is -1.93. The Labute approximate surface area is 77.5 Å². The Morgan fingerprint density at radius 2 is 1.92 bits per heavy atom. The summed E-state index contributed by atoms with van der Waals surface area (Å²) in [5, 5.41) is 8.81. The van der Waals surface area contributed by atoms with Gasteiger partial charge in [-0.25, -0.2) is 0 Å². The van der Waals surface area contributed by atoms with E-state index in [4.69, 9.17) is 14.7 Å². The van der Waals surface area contributed by atoms with Gasteiger partial charge in [0.25, 0.3) is 0 Å². The fourth-order valence-electron chi connectivity index (χ4n) is 1.21. The van der Waals surface area contributed by atoms with Gasteiger partial charge < -0.3 is 9.47 Å². The third-order valence-electron chi connectivity index (χ3n) is 1.81. The predicted molar refractivity (Wildman–Crippen MR) is 49.0 cm³/mol. The van der Waals surface area contributed by atoms with Crippen LogP contribution in [-0.4, -0.2) is 14.2 Å². The van der Waals surface area contributed by atoms with Gasteiger partial charge in [0.15, 0.2) is 0 Å². The molecule has 13 heavy (non-hydrogen) atoms. The van der Waals surface area contributed by atoms with E-state index in [0.717, 1.165) is 5.56 Å². The van der Waals surface area contributed by atoms with Gasteiger partial charge in [-0.05, 0) is 18.6 Å². The van der Waals surface area contributed by atoms with Crippen LogP contribution in [0.1, 0.15) is 11.1 Å². The average molecular weight is 177 g/mol. The quantitative estimate of drug-likeness (QED) is 0.692. The van der Waals surface area contributed by atoms with Crippen molar-refractivity contribution in [1.29, 1.82) is 5.26 Å². The maximum Gasteiger partial charge on any atom is 0.139 e. The molecular weight excluding hydrogens is 166 g/mol. The molecule has 0 saturated heterocycles. The highest BCUT2D eigenvalue weighted by atomic mass is 16.5. The van der Waals surface area contributed by atoms with Gasteiger partial charge in [0.2, 0.25) is 0 Å². The van der Waals surface area contributed by atoms with Gasteiger partial charge in [-0.3, -0.25) is 0 Å². The van der Waals surface area contributed by atoms with Crippen molar-refractivity contribution in [3.05, 3.63) is 23.3 Å². The van der Waals surface area contributed by atoms with Crippen molar-refractivity contribution in [2.24, 2.45) is 0 Å². The number of nitriles is 1. The summed E-state index contributed by atoms with van der Waals surface area (Å²) in [7, 11) is 3.12. The lowest BCUT2D eigenvalue weighted by Gasteiger charge is -2.08. The molecule has 0 spiro atoms. The number of aryl methyl sites for hydroxylation is 1. The number of nitrogens with zero attached hydrogens (tertiary/aromatic N) is 1. The smallest absolute Gasteiger partial charge is 0.139 e. The molecule has 0 N–H and O–H groups in total. The molecule has 0 heterocycles. The van der Waals surface area contributed by atoms with Crippen molar-refractivity contribution in [3.63, 3.8) is 0 Å². The molecule has 0 saturated carbocycles. The summed E-state index contributed by atoms with van der Waals surface area (Å²) in [6.45, 7) is 1.88. The normalized spacial score (nSPS) is 9.08. The van der Waals surface area contributed by atoms with Crippen molar-refractivity contribution in [2.45, 2.75) is 6.92 Å². The second-order valence-electron chi connectivity index (χ2n) is 2.64. The second-order valence-corrected chi connectivity index (χ2v) is 2.64. The van der Waals surface area contributed by atoms with E-state index in [0.29, 0.717) is 17.1 Å². The molecule has 0 radical (unpaired) electrons. The summed E-state index contributed by atoms with van der Waals surface area (Å²) in [6, 6.07) is 5.55. The van der Waals surface area contributed by atoms with Crippen LogP contribution in [0.2, 0.25) is 0 Å². The first kappa shape index (κ1) is 9.40. The van der Waals surface area contributed by atoms with Crippen LogP contribution >= 0.6 is 0 Å². The van der Waals surface area contributed by atoms with E-state index in [1.54, 1.807) is 20.3 Å². The average Bonchev–Trinajstić information content (AvgIpc) is 2.16. The van der Waals surface area contributed by atoms with E-state index in [1.165, 1.54) is 0 Å². The zero-order valence-electron chi connectivity index (χ0n) is 7.92. The number of benzene rings is 1. The standard InChI is InChI=1S/C10H11NO2/c1-7-4-9(12-2)5-8(6-11)10(7)13-3/h4-5H,1-3H3. The lowest BCUT2D eigenvalue weighted by molar-refractivity contribution is 0.399. The monoisotopic (exact) mass is 177 g/mol. The van der Waals surface area contributed by atoms with E-state index >= 15 is 0 Å². The molecule has 0 unspecified atom stereocenters. The number of ether oxygens (including phenoxy) is 2. The van der Waals surface area contributed by atoms with Gasteiger partial charge in [-0.15, -0.1) is 0 Å². The highest BCUT2D eigenvalue weighted by molar-refractivity contribution is 5.52. The summed E-state index contributed by atoms with van der Waals surface area (Å²) in [6.07, 6.45) is 0. The maximum atomic E-state index is 8.81. The van der Waals surface area contributed by atoms with Crippen molar-refractivity contribution in [2.75, 3.05) is 14.2 Å². The molecule has 0 aliphatic rings. The van der Waals surface area contributed by atoms with Crippen molar-refractivity contribution in [1.82, 2.24) is 0 Å². The molecule has 3 heteroatoms. The molecule has 1 aromatic rings. The minimum Gasteiger partial charge on any atom is -0.497 e. The Kier molecular flexibility index (Phi) is 2.76. The molecule has 0 atom stereocenters. The summed E-state index contributed by atoms with van der Waals surface area (Å²) in [5.74, 6) is 1.29. The van der Waals surface area contributed by atoms with E-state index in [1.807, 2.05) is 13.0 Å². The molecule has 3 nitrogen and oxygen atoms in total. The summed E-state index contributed by atoms with van der Waals surface area (Å²) >= 11 is 0. The van der Waals surface area contributed by atoms with Crippen LogP contribution < -0.4 is 9.47 Å². The molecule has 1 rings (SSSR count). The molecule has 0 fully saturated rings. The van der Waals surface area contributed by atoms with Crippen LogP contribution in [0.25, 0.3) is 0 Å². The number of methoxy groups -OCH3 is 2.